The molecule has 0 aliphatic carbocycles. The van der Waals surface area contributed by atoms with E-state index in [1.54, 1.807) is 13.3 Å². The number of hydrogen-bond donors (Lipinski definition) is 1. The van der Waals surface area contributed by atoms with E-state index in [1.165, 1.54) is 0 Å². The molecule has 0 saturated heterocycles. The fourth-order valence-electron chi connectivity index (χ4n) is 2.64. The molecule has 5 nitrogen and oxygen atoms in total. The number of hydrogen-bond acceptors (Lipinski definition) is 4. The molecule has 0 spiro atoms. The van der Waals surface area contributed by atoms with Crippen LogP contribution in [-0.4, -0.2) is 23.0 Å². The zero-order valence-electron chi connectivity index (χ0n) is 14.0. The summed E-state index contributed by atoms with van der Waals surface area (Å²) in [6.07, 6.45) is 1.66. The van der Waals surface area contributed by atoms with Crippen molar-refractivity contribution in [3.8, 4) is 5.88 Å². The van der Waals surface area contributed by atoms with Crippen LogP contribution in [0, 0.1) is 13.8 Å². The molecule has 3 rings (SSSR count). The highest BCUT2D eigenvalue weighted by Gasteiger charge is 2.13. The smallest absolute Gasteiger partial charge is 0.253 e. The molecular weight excluding hydrogens is 302 g/mol. The van der Waals surface area contributed by atoms with Gasteiger partial charge < -0.3 is 10.1 Å². The lowest BCUT2D eigenvalue weighted by atomic mass is 10.1. The van der Waals surface area contributed by atoms with Crippen LogP contribution in [0.3, 0.4) is 0 Å². The van der Waals surface area contributed by atoms with Gasteiger partial charge >= 0.3 is 0 Å². The summed E-state index contributed by atoms with van der Waals surface area (Å²) in [6.45, 7) is 4.22. The molecule has 0 unspecified atom stereocenters. The van der Waals surface area contributed by atoms with E-state index < -0.39 is 0 Å². The number of carbonyl (C=O) groups is 1. The number of rotatable bonds is 4. The summed E-state index contributed by atoms with van der Waals surface area (Å²) >= 11 is 0. The number of ether oxygens (including phenoxy) is 1. The first-order chi connectivity index (χ1) is 11.6. The third kappa shape index (κ3) is 3.20. The molecule has 0 saturated carbocycles. The van der Waals surface area contributed by atoms with Gasteiger partial charge in [0.15, 0.2) is 0 Å². The van der Waals surface area contributed by atoms with E-state index in [9.17, 15) is 4.79 Å². The van der Waals surface area contributed by atoms with Crippen molar-refractivity contribution in [1.82, 2.24) is 15.3 Å². The molecule has 24 heavy (non-hydrogen) atoms. The summed E-state index contributed by atoms with van der Waals surface area (Å²) in [6, 6.07) is 11.6. The number of aryl methyl sites for hydroxylation is 2. The molecule has 1 aromatic carbocycles. The minimum Gasteiger partial charge on any atom is -0.481 e. The van der Waals surface area contributed by atoms with Crippen LogP contribution >= 0.6 is 0 Å². The zero-order chi connectivity index (χ0) is 17.1. The Hall–Kier alpha value is -2.95. The van der Waals surface area contributed by atoms with Crippen molar-refractivity contribution in [2.24, 2.45) is 0 Å². The fourth-order valence-corrected chi connectivity index (χ4v) is 2.64. The lowest BCUT2D eigenvalue weighted by Gasteiger charge is -2.11. The number of aromatic nitrogens is 2. The molecule has 0 aliphatic heterocycles. The maximum Gasteiger partial charge on any atom is 0.253 e. The van der Waals surface area contributed by atoms with Gasteiger partial charge in [-0.1, -0.05) is 17.7 Å². The van der Waals surface area contributed by atoms with E-state index in [2.05, 4.69) is 15.3 Å². The van der Waals surface area contributed by atoms with Gasteiger partial charge in [-0.3, -0.25) is 9.78 Å². The second kappa shape index (κ2) is 6.66. The number of pyridine rings is 2. The average Bonchev–Trinajstić information content (AvgIpc) is 2.59. The fraction of sp³-hybridized carbons (Fsp3) is 0.211. The van der Waals surface area contributed by atoms with Gasteiger partial charge in [0.05, 0.1) is 23.9 Å². The number of amides is 1. The van der Waals surface area contributed by atoms with Crippen molar-refractivity contribution in [3.63, 3.8) is 0 Å². The summed E-state index contributed by atoms with van der Waals surface area (Å²) in [4.78, 5) is 21.2. The Morgan fingerprint density at radius 1 is 1.21 bits per heavy atom. The zero-order valence-corrected chi connectivity index (χ0v) is 14.0. The van der Waals surface area contributed by atoms with Crippen LogP contribution in [0.25, 0.3) is 10.9 Å². The standard InChI is InChI=1S/C19H19N3O2/c1-12-6-7-17-15(9-12)10-16(13(2)22-17)18(23)21-11-14-5-4-8-20-19(14)24-3/h4-10H,11H2,1-3H3,(H,21,23). The van der Waals surface area contributed by atoms with Crippen LogP contribution in [0.5, 0.6) is 5.88 Å². The van der Waals surface area contributed by atoms with Crippen molar-refractivity contribution in [2.45, 2.75) is 20.4 Å². The lowest BCUT2D eigenvalue weighted by molar-refractivity contribution is 0.0950. The van der Waals surface area contributed by atoms with Gasteiger partial charge in [-0.15, -0.1) is 0 Å². The number of nitrogens with zero attached hydrogens (tertiary/aromatic N) is 2. The van der Waals surface area contributed by atoms with E-state index in [0.29, 0.717) is 23.7 Å². The Balaban J connectivity index is 1.84. The Kier molecular flexibility index (Phi) is 4.42. The predicted molar refractivity (Wildman–Crippen MR) is 93.2 cm³/mol. The molecule has 0 aliphatic rings. The molecule has 1 N–H and O–H groups in total. The van der Waals surface area contributed by atoms with E-state index in [4.69, 9.17) is 4.74 Å². The first kappa shape index (κ1) is 15.9. The highest BCUT2D eigenvalue weighted by atomic mass is 16.5. The summed E-state index contributed by atoms with van der Waals surface area (Å²) < 4.78 is 5.20. The molecule has 5 heteroatoms. The summed E-state index contributed by atoms with van der Waals surface area (Å²) in [5, 5.41) is 3.87. The van der Waals surface area contributed by atoms with Crippen molar-refractivity contribution >= 4 is 16.8 Å². The summed E-state index contributed by atoms with van der Waals surface area (Å²) in [5.41, 5.74) is 4.15. The number of benzene rings is 1. The number of carbonyl (C=O) groups excluding carboxylic acids is 1. The molecule has 0 atom stereocenters. The first-order valence-electron chi connectivity index (χ1n) is 7.72. The number of nitrogens with one attached hydrogen (secondary N) is 1. The molecule has 2 aromatic heterocycles. The third-order valence-corrected chi connectivity index (χ3v) is 3.89. The second-order valence-corrected chi connectivity index (χ2v) is 5.67. The van der Waals surface area contributed by atoms with Gasteiger partial charge in [-0.25, -0.2) is 4.98 Å². The van der Waals surface area contributed by atoms with E-state index >= 15 is 0 Å². The monoisotopic (exact) mass is 321 g/mol. The van der Waals surface area contributed by atoms with Gasteiger partial charge in [0.2, 0.25) is 5.88 Å². The van der Waals surface area contributed by atoms with E-state index in [-0.39, 0.29) is 5.91 Å². The Bertz CT molecular complexity index is 906. The predicted octanol–water partition coefficient (Wildman–Crippen LogP) is 3.19. The maximum atomic E-state index is 12.6. The molecule has 0 fully saturated rings. The van der Waals surface area contributed by atoms with Crippen molar-refractivity contribution in [2.75, 3.05) is 7.11 Å². The van der Waals surface area contributed by atoms with Crippen LogP contribution in [0.15, 0.2) is 42.6 Å². The molecule has 2 heterocycles. The minimum absolute atomic E-state index is 0.158. The van der Waals surface area contributed by atoms with Gasteiger partial charge in [0.1, 0.15) is 0 Å². The van der Waals surface area contributed by atoms with Crippen LogP contribution < -0.4 is 10.1 Å². The van der Waals surface area contributed by atoms with Crippen LogP contribution in [0.4, 0.5) is 0 Å². The van der Waals surface area contributed by atoms with Gasteiger partial charge in [-0.2, -0.15) is 0 Å². The minimum atomic E-state index is -0.158. The Morgan fingerprint density at radius 2 is 2.04 bits per heavy atom. The van der Waals surface area contributed by atoms with Crippen LogP contribution in [-0.2, 0) is 6.54 Å². The molecule has 3 aromatic rings. The molecule has 0 radical (unpaired) electrons. The quantitative estimate of drug-likeness (QED) is 0.801. The highest BCUT2D eigenvalue weighted by molar-refractivity contribution is 5.98. The van der Waals surface area contributed by atoms with Gasteiger partial charge in [0.25, 0.3) is 5.91 Å². The van der Waals surface area contributed by atoms with Crippen LogP contribution in [0.2, 0.25) is 0 Å². The summed E-state index contributed by atoms with van der Waals surface area (Å²) in [5.74, 6) is 0.357. The first-order valence-corrected chi connectivity index (χ1v) is 7.72. The Morgan fingerprint density at radius 3 is 2.83 bits per heavy atom. The third-order valence-electron chi connectivity index (χ3n) is 3.89. The lowest BCUT2D eigenvalue weighted by Crippen LogP contribution is -2.24. The molecular formula is C19H19N3O2. The number of fused-ring (bicyclic) bond motifs is 1. The van der Waals surface area contributed by atoms with Gasteiger partial charge in [-0.05, 0) is 38.1 Å². The highest BCUT2D eigenvalue weighted by Crippen LogP contribution is 2.19. The molecule has 1 amide bonds. The number of methoxy groups -OCH3 is 1. The SMILES string of the molecule is COc1ncccc1CNC(=O)c1cc2cc(C)ccc2nc1C. The Labute approximate surface area is 140 Å². The average molecular weight is 321 g/mol. The topological polar surface area (TPSA) is 64.1 Å². The molecule has 122 valence electrons. The normalized spacial score (nSPS) is 10.6. The maximum absolute atomic E-state index is 12.6. The molecule has 0 bridgehead atoms. The van der Waals surface area contributed by atoms with Crippen molar-refractivity contribution in [1.29, 1.82) is 0 Å². The van der Waals surface area contributed by atoms with Gasteiger partial charge in [0, 0.05) is 23.7 Å². The second-order valence-electron chi connectivity index (χ2n) is 5.67. The van der Waals surface area contributed by atoms with Crippen LogP contribution in [0.1, 0.15) is 27.2 Å². The largest absolute Gasteiger partial charge is 0.481 e. The van der Waals surface area contributed by atoms with Crippen molar-refractivity contribution < 1.29 is 9.53 Å². The van der Waals surface area contributed by atoms with Crippen molar-refractivity contribution in [3.05, 3.63) is 65.0 Å². The summed E-state index contributed by atoms with van der Waals surface area (Å²) in [7, 11) is 1.56. The van der Waals surface area contributed by atoms with E-state index in [0.717, 1.165) is 22.0 Å². The van der Waals surface area contributed by atoms with E-state index in [1.807, 2.05) is 50.2 Å².